The second kappa shape index (κ2) is 9.26. The summed E-state index contributed by atoms with van der Waals surface area (Å²) in [5, 5.41) is 14.0. The van der Waals surface area contributed by atoms with Crippen molar-refractivity contribution >= 4 is 10.9 Å². The minimum atomic E-state index is -0.198. The van der Waals surface area contributed by atoms with Crippen LogP contribution in [0.4, 0.5) is 0 Å². The molecule has 9 heteroatoms. The van der Waals surface area contributed by atoms with Gasteiger partial charge in [-0.25, -0.2) is 4.68 Å². The van der Waals surface area contributed by atoms with Crippen LogP contribution in [0.1, 0.15) is 84.2 Å². The van der Waals surface area contributed by atoms with Crippen molar-refractivity contribution in [2.45, 2.75) is 90.9 Å². The lowest BCUT2D eigenvalue weighted by atomic mass is 9.95. The minimum Gasteiger partial charge on any atom is -0.454 e. The van der Waals surface area contributed by atoms with E-state index in [0.29, 0.717) is 24.1 Å². The molecule has 188 valence electrons. The predicted molar refractivity (Wildman–Crippen MR) is 133 cm³/mol. The fraction of sp³-hybridized carbons (Fsp3) is 0.615. The van der Waals surface area contributed by atoms with Crippen LogP contribution in [0, 0.1) is 5.92 Å². The summed E-state index contributed by atoms with van der Waals surface area (Å²) < 4.78 is 13.0. The number of hydrogen-bond acceptors (Lipinski definition) is 7. The van der Waals surface area contributed by atoms with Crippen molar-refractivity contribution in [3.63, 3.8) is 0 Å². The minimum absolute atomic E-state index is 0.00854. The fourth-order valence-electron chi connectivity index (χ4n) is 5.43. The SMILES string of the molecule is CCC(C)(C)n1nnnc1C(C(C)C)N(Cc1cc2cc3c(cc2[nH]c1=O)OCO3)C1CCCC1. The van der Waals surface area contributed by atoms with E-state index in [1.807, 2.05) is 22.9 Å². The maximum atomic E-state index is 13.2. The van der Waals surface area contributed by atoms with Gasteiger partial charge in [0.25, 0.3) is 5.56 Å². The van der Waals surface area contributed by atoms with E-state index in [1.165, 1.54) is 12.8 Å². The number of fused-ring (bicyclic) bond motifs is 2. The van der Waals surface area contributed by atoms with Gasteiger partial charge in [0.1, 0.15) is 0 Å². The van der Waals surface area contributed by atoms with Crippen molar-refractivity contribution in [3.8, 4) is 11.5 Å². The molecule has 3 aromatic rings. The van der Waals surface area contributed by atoms with E-state index in [4.69, 9.17) is 9.47 Å². The van der Waals surface area contributed by atoms with Gasteiger partial charge in [-0.15, -0.1) is 5.10 Å². The molecule has 2 aliphatic rings. The number of rotatable bonds is 8. The molecule has 1 aliphatic heterocycles. The van der Waals surface area contributed by atoms with Gasteiger partial charge >= 0.3 is 0 Å². The van der Waals surface area contributed by atoms with Crippen LogP contribution in [0.3, 0.4) is 0 Å². The highest BCUT2D eigenvalue weighted by atomic mass is 16.7. The molecule has 1 aliphatic carbocycles. The summed E-state index contributed by atoms with van der Waals surface area (Å²) in [6.07, 6.45) is 5.56. The zero-order valence-electron chi connectivity index (χ0n) is 21.4. The third-order valence-corrected chi connectivity index (χ3v) is 7.75. The summed E-state index contributed by atoms with van der Waals surface area (Å²) in [7, 11) is 0. The molecule has 0 saturated heterocycles. The van der Waals surface area contributed by atoms with Gasteiger partial charge in [-0.2, -0.15) is 0 Å². The summed E-state index contributed by atoms with van der Waals surface area (Å²) in [5.41, 5.74) is 1.22. The van der Waals surface area contributed by atoms with Gasteiger partial charge in [0.2, 0.25) is 6.79 Å². The van der Waals surface area contributed by atoms with Crippen LogP contribution in [-0.2, 0) is 12.1 Å². The smallest absolute Gasteiger partial charge is 0.252 e. The normalized spacial score (nSPS) is 17.2. The van der Waals surface area contributed by atoms with Gasteiger partial charge in [-0.3, -0.25) is 9.69 Å². The van der Waals surface area contributed by atoms with Crippen LogP contribution < -0.4 is 15.0 Å². The topological polar surface area (TPSA) is 98.2 Å². The maximum Gasteiger partial charge on any atom is 0.252 e. The highest BCUT2D eigenvalue weighted by molar-refractivity contribution is 5.83. The number of aromatic amines is 1. The molecule has 0 radical (unpaired) electrons. The average Bonchev–Trinajstić information content (AvgIpc) is 3.59. The first-order valence-electron chi connectivity index (χ1n) is 12.8. The van der Waals surface area contributed by atoms with Crippen LogP contribution in [-0.4, -0.2) is 42.9 Å². The van der Waals surface area contributed by atoms with Crippen molar-refractivity contribution in [2.24, 2.45) is 5.92 Å². The molecular weight excluding hydrogens is 444 g/mol. The van der Waals surface area contributed by atoms with Crippen LogP contribution in [0.5, 0.6) is 11.5 Å². The number of aromatic nitrogens is 5. The van der Waals surface area contributed by atoms with Crippen molar-refractivity contribution in [1.82, 2.24) is 30.1 Å². The van der Waals surface area contributed by atoms with Crippen molar-refractivity contribution < 1.29 is 9.47 Å². The second-order valence-corrected chi connectivity index (χ2v) is 10.8. The molecule has 0 amide bonds. The second-order valence-electron chi connectivity index (χ2n) is 10.8. The van der Waals surface area contributed by atoms with Gasteiger partial charge in [-0.1, -0.05) is 33.6 Å². The summed E-state index contributed by atoms with van der Waals surface area (Å²) in [6, 6.07) is 6.15. The molecule has 1 fully saturated rings. The monoisotopic (exact) mass is 480 g/mol. The lowest BCUT2D eigenvalue weighted by Crippen LogP contribution is -2.42. The molecule has 1 aromatic carbocycles. The molecule has 1 saturated carbocycles. The number of hydrogen-bond donors (Lipinski definition) is 1. The molecule has 5 rings (SSSR count). The first-order chi connectivity index (χ1) is 16.8. The van der Waals surface area contributed by atoms with Gasteiger partial charge in [-0.05, 0) is 61.6 Å². The quantitative estimate of drug-likeness (QED) is 0.506. The van der Waals surface area contributed by atoms with Crippen LogP contribution >= 0.6 is 0 Å². The maximum absolute atomic E-state index is 13.2. The third kappa shape index (κ3) is 4.42. The van der Waals surface area contributed by atoms with Gasteiger partial charge in [0, 0.05) is 29.6 Å². The largest absolute Gasteiger partial charge is 0.454 e. The van der Waals surface area contributed by atoms with E-state index in [9.17, 15) is 4.79 Å². The molecule has 1 atom stereocenters. The van der Waals surface area contributed by atoms with Crippen LogP contribution in [0.2, 0.25) is 0 Å². The Morgan fingerprint density at radius 3 is 2.57 bits per heavy atom. The summed E-state index contributed by atoms with van der Waals surface area (Å²) in [4.78, 5) is 18.8. The number of tetrazole rings is 1. The number of nitrogens with one attached hydrogen (secondary N) is 1. The zero-order chi connectivity index (χ0) is 24.7. The van der Waals surface area contributed by atoms with Gasteiger partial charge in [0.05, 0.1) is 17.1 Å². The highest BCUT2D eigenvalue weighted by Gasteiger charge is 2.37. The molecule has 35 heavy (non-hydrogen) atoms. The molecule has 0 spiro atoms. The van der Waals surface area contributed by atoms with Crippen LogP contribution in [0.25, 0.3) is 10.9 Å². The molecule has 1 unspecified atom stereocenters. The molecular formula is C26H36N6O3. The Labute approximate surface area is 205 Å². The van der Waals surface area contributed by atoms with Crippen LogP contribution in [0.15, 0.2) is 23.0 Å². The number of H-pyrrole nitrogens is 1. The zero-order valence-corrected chi connectivity index (χ0v) is 21.4. The predicted octanol–water partition coefficient (Wildman–Crippen LogP) is 4.53. The third-order valence-electron chi connectivity index (χ3n) is 7.75. The lowest BCUT2D eigenvalue weighted by molar-refractivity contribution is 0.0791. The van der Waals surface area contributed by atoms with Crippen molar-refractivity contribution in [1.29, 1.82) is 0 Å². The van der Waals surface area contributed by atoms with E-state index in [-0.39, 0.29) is 29.9 Å². The Morgan fingerprint density at radius 1 is 1.17 bits per heavy atom. The van der Waals surface area contributed by atoms with E-state index >= 15 is 0 Å². The lowest BCUT2D eigenvalue weighted by Gasteiger charge is -2.39. The molecule has 9 nitrogen and oxygen atoms in total. The fourth-order valence-corrected chi connectivity index (χ4v) is 5.43. The van der Waals surface area contributed by atoms with Gasteiger partial charge in [0.15, 0.2) is 17.3 Å². The average molecular weight is 481 g/mol. The Bertz CT molecular complexity index is 1260. The number of pyridine rings is 1. The molecule has 3 heterocycles. The highest BCUT2D eigenvalue weighted by Crippen LogP contribution is 2.38. The van der Waals surface area contributed by atoms with Gasteiger partial charge < -0.3 is 14.5 Å². The Kier molecular flexibility index (Phi) is 6.29. The van der Waals surface area contributed by atoms with E-state index in [2.05, 4.69) is 60.0 Å². The number of benzene rings is 1. The Balaban J connectivity index is 1.57. The molecule has 0 bridgehead atoms. The van der Waals surface area contributed by atoms with Crippen molar-refractivity contribution in [3.05, 3.63) is 39.9 Å². The number of ether oxygens (including phenoxy) is 2. The first kappa shape index (κ1) is 23.8. The Hall–Kier alpha value is -2.94. The van der Waals surface area contributed by atoms with Crippen molar-refractivity contribution in [2.75, 3.05) is 6.79 Å². The summed E-state index contributed by atoms with van der Waals surface area (Å²) in [6.45, 7) is 11.7. The molecule has 1 N–H and O–H groups in total. The summed E-state index contributed by atoms with van der Waals surface area (Å²) >= 11 is 0. The Morgan fingerprint density at radius 2 is 1.89 bits per heavy atom. The van der Waals surface area contributed by atoms with E-state index in [0.717, 1.165) is 41.6 Å². The van der Waals surface area contributed by atoms with E-state index in [1.54, 1.807) is 0 Å². The number of nitrogens with zero attached hydrogens (tertiary/aromatic N) is 5. The van der Waals surface area contributed by atoms with E-state index < -0.39 is 0 Å². The standard InChI is InChI=1S/C26H36N6O3/c1-6-26(4,5)32-24(28-29-30-32)23(16(2)3)31(19-9-7-8-10-19)14-18-11-17-12-21-22(35-15-34-21)13-20(17)27-25(18)33/h11-13,16,19,23H,6-10,14-15H2,1-5H3,(H,27,33). The summed E-state index contributed by atoms with van der Waals surface area (Å²) in [5.74, 6) is 2.52. The molecule has 2 aromatic heterocycles. The first-order valence-corrected chi connectivity index (χ1v) is 12.8.